The first-order valence-electron chi connectivity index (χ1n) is 10.4. The second-order valence-electron chi connectivity index (χ2n) is 8.62. The molecule has 3 rings (SSSR count). The van der Waals surface area contributed by atoms with Crippen molar-refractivity contribution in [3.63, 3.8) is 0 Å². The van der Waals surface area contributed by atoms with Gasteiger partial charge >= 0.3 is 6.03 Å². The standard InChI is InChI=1S/C24H33N3O2/c1-24(2,3)20-10-6-7-11-21(20)25-23(28)27-17-15-26(16-18-27)14-13-19-9-5-8-12-22(19)29-4/h5-12H,13-18H2,1-4H3,(H,25,28). The SMILES string of the molecule is COc1ccccc1CCN1CCN(C(=O)Nc2ccccc2C(C)(C)C)CC1. The molecule has 1 heterocycles. The highest BCUT2D eigenvalue weighted by atomic mass is 16.5. The number of rotatable bonds is 5. The third-order valence-corrected chi connectivity index (χ3v) is 5.53. The van der Waals surface area contributed by atoms with E-state index in [9.17, 15) is 4.79 Å². The Morgan fingerprint density at radius 2 is 1.66 bits per heavy atom. The van der Waals surface area contributed by atoms with Crippen LogP contribution in [0.5, 0.6) is 5.75 Å². The minimum atomic E-state index is -0.0128. The Balaban J connectivity index is 1.51. The molecule has 0 radical (unpaired) electrons. The van der Waals surface area contributed by atoms with Crippen LogP contribution in [0.4, 0.5) is 10.5 Å². The number of piperazine rings is 1. The van der Waals surface area contributed by atoms with Crippen LogP contribution in [0.2, 0.25) is 0 Å². The molecular formula is C24H33N3O2. The number of para-hydroxylation sites is 2. The molecule has 2 amide bonds. The molecule has 29 heavy (non-hydrogen) atoms. The Kier molecular flexibility index (Phi) is 6.80. The van der Waals surface area contributed by atoms with E-state index in [1.807, 2.05) is 35.2 Å². The molecular weight excluding hydrogens is 362 g/mol. The topological polar surface area (TPSA) is 44.8 Å². The Labute approximate surface area is 174 Å². The molecule has 2 aromatic rings. The van der Waals surface area contributed by atoms with Crippen molar-refractivity contribution in [2.75, 3.05) is 45.2 Å². The average molecular weight is 396 g/mol. The minimum Gasteiger partial charge on any atom is -0.496 e. The normalized spacial score (nSPS) is 15.2. The zero-order chi connectivity index (χ0) is 20.9. The lowest BCUT2D eigenvalue weighted by Gasteiger charge is -2.35. The van der Waals surface area contributed by atoms with Gasteiger partial charge in [-0.3, -0.25) is 4.90 Å². The Morgan fingerprint density at radius 1 is 1.00 bits per heavy atom. The van der Waals surface area contributed by atoms with Crippen LogP contribution in [0.15, 0.2) is 48.5 Å². The maximum Gasteiger partial charge on any atom is 0.321 e. The van der Waals surface area contributed by atoms with Crippen LogP contribution in [-0.4, -0.2) is 55.7 Å². The van der Waals surface area contributed by atoms with Crippen molar-refractivity contribution in [3.05, 3.63) is 59.7 Å². The number of methoxy groups -OCH3 is 1. The van der Waals surface area contributed by atoms with E-state index in [4.69, 9.17) is 4.74 Å². The molecule has 1 aliphatic rings. The second kappa shape index (κ2) is 9.31. The lowest BCUT2D eigenvalue weighted by Crippen LogP contribution is -2.50. The molecule has 0 aromatic heterocycles. The largest absolute Gasteiger partial charge is 0.496 e. The van der Waals surface area contributed by atoms with Gasteiger partial charge in [-0.15, -0.1) is 0 Å². The number of nitrogens with zero attached hydrogens (tertiary/aromatic N) is 2. The van der Waals surface area contributed by atoms with Gasteiger partial charge in [0.1, 0.15) is 5.75 Å². The van der Waals surface area contributed by atoms with Crippen molar-refractivity contribution >= 4 is 11.7 Å². The first-order chi connectivity index (χ1) is 13.9. The molecule has 0 aliphatic carbocycles. The molecule has 0 saturated carbocycles. The summed E-state index contributed by atoms with van der Waals surface area (Å²) in [6.45, 7) is 10.7. The molecule has 1 saturated heterocycles. The Morgan fingerprint density at radius 3 is 2.34 bits per heavy atom. The third-order valence-electron chi connectivity index (χ3n) is 5.53. The van der Waals surface area contributed by atoms with E-state index in [2.05, 4.69) is 49.2 Å². The molecule has 1 aliphatic heterocycles. The maximum atomic E-state index is 12.8. The average Bonchev–Trinajstić information content (AvgIpc) is 2.72. The van der Waals surface area contributed by atoms with Crippen molar-refractivity contribution in [2.24, 2.45) is 0 Å². The Bertz CT molecular complexity index is 821. The van der Waals surface area contributed by atoms with Gasteiger partial charge < -0.3 is 15.0 Å². The summed E-state index contributed by atoms with van der Waals surface area (Å²) in [7, 11) is 1.72. The molecule has 0 bridgehead atoms. The molecule has 0 spiro atoms. The van der Waals surface area contributed by atoms with Crippen LogP contribution in [0.1, 0.15) is 31.9 Å². The van der Waals surface area contributed by atoms with Crippen LogP contribution < -0.4 is 10.1 Å². The lowest BCUT2D eigenvalue weighted by atomic mass is 9.86. The van der Waals surface area contributed by atoms with Gasteiger partial charge in [-0.2, -0.15) is 0 Å². The van der Waals surface area contributed by atoms with E-state index < -0.39 is 0 Å². The first-order valence-corrected chi connectivity index (χ1v) is 10.4. The number of nitrogens with one attached hydrogen (secondary N) is 1. The fourth-order valence-corrected chi connectivity index (χ4v) is 3.80. The Hall–Kier alpha value is -2.53. The van der Waals surface area contributed by atoms with Crippen molar-refractivity contribution in [2.45, 2.75) is 32.6 Å². The van der Waals surface area contributed by atoms with Crippen LogP contribution in [0, 0.1) is 0 Å². The molecule has 1 fully saturated rings. The number of carbonyl (C=O) groups excluding carboxylic acids is 1. The smallest absolute Gasteiger partial charge is 0.321 e. The lowest BCUT2D eigenvalue weighted by molar-refractivity contribution is 0.148. The van der Waals surface area contributed by atoms with Crippen LogP contribution in [-0.2, 0) is 11.8 Å². The summed E-state index contributed by atoms with van der Waals surface area (Å²) in [4.78, 5) is 17.1. The molecule has 156 valence electrons. The fourth-order valence-electron chi connectivity index (χ4n) is 3.80. The van der Waals surface area contributed by atoms with Gasteiger partial charge in [-0.1, -0.05) is 57.2 Å². The van der Waals surface area contributed by atoms with Gasteiger partial charge in [0.05, 0.1) is 7.11 Å². The molecule has 0 unspecified atom stereocenters. The minimum absolute atomic E-state index is 0.00826. The number of amides is 2. The van der Waals surface area contributed by atoms with Gasteiger partial charge in [0.2, 0.25) is 0 Å². The van der Waals surface area contributed by atoms with Gasteiger partial charge in [0, 0.05) is 38.4 Å². The number of anilines is 1. The van der Waals surface area contributed by atoms with Gasteiger partial charge in [-0.25, -0.2) is 4.79 Å². The van der Waals surface area contributed by atoms with E-state index in [-0.39, 0.29) is 11.4 Å². The summed E-state index contributed by atoms with van der Waals surface area (Å²) in [6.07, 6.45) is 0.954. The van der Waals surface area contributed by atoms with E-state index in [0.29, 0.717) is 0 Å². The van der Waals surface area contributed by atoms with Gasteiger partial charge in [0.25, 0.3) is 0 Å². The number of hydrogen-bond donors (Lipinski definition) is 1. The summed E-state index contributed by atoms with van der Waals surface area (Å²) < 4.78 is 5.44. The molecule has 1 N–H and O–H groups in total. The monoisotopic (exact) mass is 395 g/mol. The quantitative estimate of drug-likeness (QED) is 0.817. The van der Waals surface area contributed by atoms with Crippen LogP contribution in [0.3, 0.4) is 0 Å². The zero-order valence-electron chi connectivity index (χ0n) is 18.1. The zero-order valence-corrected chi connectivity index (χ0v) is 18.1. The van der Waals surface area contributed by atoms with Crippen molar-refractivity contribution < 1.29 is 9.53 Å². The first kappa shape index (κ1) is 21.2. The highest BCUT2D eigenvalue weighted by molar-refractivity contribution is 5.90. The summed E-state index contributed by atoms with van der Waals surface area (Å²) in [6, 6.07) is 16.2. The van der Waals surface area contributed by atoms with E-state index >= 15 is 0 Å². The maximum absolute atomic E-state index is 12.8. The summed E-state index contributed by atoms with van der Waals surface area (Å²) >= 11 is 0. The number of benzene rings is 2. The number of hydrogen-bond acceptors (Lipinski definition) is 3. The highest BCUT2D eigenvalue weighted by Gasteiger charge is 2.23. The third kappa shape index (κ3) is 5.51. The molecule has 5 heteroatoms. The van der Waals surface area contributed by atoms with Gasteiger partial charge in [-0.05, 0) is 35.1 Å². The van der Waals surface area contributed by atoms with E-state index in [0.717, 1.165) is 56.1 Å². The predicted octanol–water partition coefficient (Wildman–Crippen LogP) is 4.38. The van der Waals surface area contributed by atoms with E-state index in [1.165, 1.54) is 5.56 Å². The predicted molar refractivity (Wildman–Crippen MR) is 119 cm³/mol. The van der Waals surface area contributed by atoms with Crippen molar-refractivity contribution in [3.8, 4) is 5.75 Å². The van der Waals surface area contributed by atoms with Crippen molar-refractivity contribution in [1.29, 1.82) is 0 Å². The highest BCUT2D eigenvalue weighted by Crippen LogP contribution is 2.29. The second-order valence-corrected chi connectivity index (χ2v) is 8.62. The van der Waals surface area contributed by atoms with E-state index in [1.54, 1.807) is 7.11 Å². The van der Waals surface area contributed by atoms with Crippen LogP contribution >= 0.6 is 0 Å². The fraction of sp³-hybridized carbons (Fsp3) is 0.458. The molecule has 0 atom stereocenters. The molecule has 2 aromatic carbocycles. The number of ether oxygens (including phenoxy) is 1. The summed E-state index contributed by atoms with van der Waals surface area (Å²) in [5.41, 5.74) is 3.28. The van der Waals surface area contributed by atoms with Crippen molar-refractivity contribution in [1.82, 2.24) is 9.80 Å². The number of carbonyl (C=O) groups is 1. The summed E-state index contributed by atoms with van der Waals surface area (Å²) in [5, 5.41) is 3.13. The summed E-state index contributed by atoms with van der Waals surface area (Å²) in [5.74, 6) is 0.947. The van der Waals surface area contributed by atoms with Gasteiger partial charge in [0.15, 0.2) is 0 Å². The molecule has 5 nitrogen and oxygen atoms in total. The number of urea groups is 1. The van der Waals surface area contributed by atoms with Crippen LogP contribution in [0.25, 0.3) is 0 Å².